The quantitative estimate of drug-likeness (QED) is 0.651. The largest absolute Gasteiger partial charge is 0.480 e. The lowest BCUT2D eigenvalue weighted by molar-refractivity contribution is -0.147. The average Bonchev–Trinajstić information content (AvgIpc) is 2.70. The molecule has 3 aromatic rings. The van der Waals surface area contributed by atoms with Gasteiger partial charge in [-0.25, -0.2) is 9.97 Å². The SMILES string of the molecule is CCOC(=O)C(C)Cn1cnc2ccc(-c3cnc(OC)c(N)c3)cc2c1=O. The van der Waals surface area contributed by atoms with Gasteiger partial charge >= 0.3 is 5.97 Å². The molecule has 0 aliphatic rings. The van der Waals surface area contributed by atoms with E-state index in [-0.39, 0.29) is 18.1 Å². The van der Waals surface area contributed by atoms with Gasteiger partial charge in [0, 0.05) is 18.3 Å². The van der Waals surface area contributed by atoms with E-state index >= 15 is 0 Å². The molecule has 0 spiro atoms. The van der Waals surface area contributed by atoms with Crippen LogP contribution in [0.4, 0.5) is 5.69 Å². The van der Waals surface area contributed by atoms with E-state index in [0.29, 0.717) is 29.1 Å². The molecule has 2 N–H and O–H groups in total. The standard InChI is InChI=1S/C20H22N4O4/c1-4-28-20(26)12(2)10-24-11-23-17-6-5-13(7-15(17)19(24)25)14-8-16(21)18(27-3)22-9-14/h5-9,11-12H,4,10,21H2,1-3H3. The highest BCUT2D eigenvalue weighted by Gasteiger charge is 2.16. The molecule has 0 bridgehead atoms. The summed E-state index contributed by atoms with van der Waals surface area (Å²) in [5.74, 6) is -0.449. The van der Waals surface area contributed by atoms with E-state index in [0.717, 1.165) is 11.1 Å². The number of nitrogens with two attached hydrogens (primary N) is 1. The first-order valence-electron chi connectivity index (χ1n) is 8.90. The number of carbonyl (C=O) groups is 1. The topological polar surface area (TPSA) is 109 Å². The van der Waals surface area contributed by atoms with Gasteiger partial charge in [-0.05, 0) is 30.7 Å². The molecule has 2 aromatic heterocycles. The molecule has 0 fully saturated rings. The number of carbonyl (C=O) groups excluding carboxylic acids is 1. The second-order valence-electron chi connectivity index (χ2n) is 6.41. The summed E-state index contributed by atoms with van der Waals surface area (Å²) in [4.78, 5) is 33.3. The van der Waals surface area contributed by atoms with Crippen LogP contribution in [0.1, 0.15) is 13.8 Å². The normalized spacial score (nSPS) is 12.0. The van der Waals surface area contributed by atoms with Gasteiger partial charge in [0.15, 0.2) is 0 Å². The molecule has 1 atom stereocenters. The Morgan fingerprint density at radius 3 is 2.71 bits per heavy atom. The van der Waals surface area contributed by atoms with E-state index in [9.17, 15) is 9.59 Å². The number of benzene rings is 1. The van der Waals surface area contributed by atoms with E-state index < -0.39 is 5.92 Å². The number of anilines is 1. The van der Waals surface area contributed by atoms with Crippen molar-refractivity contribution in [3.63, 3.8) is 0 Å². The highest BCUT2D eigenvalue weighted by Crippen LogP contribution is 2.27. The Labute approximate surface area is 161 Å². The average molecular weight is 382 g/mol. The summed E-state index contributed by atoms with van der Waals surface area (Å²) < 4.78 is 11.5. The zero-order valence-electron chi connectivity index (χ0n) is 16.0. The molecule has 0 radical (unpaired) electrons. The lowest BCUT2D eigenvalue weighted by Crippen LogP contribution is -2.27. The van der Waals surface area contributed by atoms with Gasteiger partial charge in [-0.15, -0.1) is 0 Å². The summed E-state index contributed by atoms with van der Waals surface area (Å²) in [6, 6.07) is 7.11. The number of hydrogen-bond donors (Lipinski definition) is 1. The number of fused-ring (bicyclic) bond motifs is 1. The minimum Gasteiger partial charge on any atom is -0.480 e. The minimum atomic E-state index is -0.453. The smallest absolute Gasteiger partial charge is 0.310 e. The van der Waals surface area contributed by atoms with Crippen LogP contribution in [-0.4, -0.2) is 34.2 Å². The van der Waals surface area contributed by atoms with Crippen LogP contribution < -0.4 is 16.0 Å². The molecule has 0 saturated heterocycles. The molecule has 0 aliphatic heterocycles. The van der Waals surface area contributed by atoms with Gasteiger partial charge in [-0.3, -0.25) is 14.2 Å². The van der Waals surface area contributed by atoms with Crippen molar-refractivity contribution in [2.24, 2.45) is 5.92 Å². The fourth-order valence-electron chi connectivity index (χ4n) is 2.92. The molecule has 3 rings (SSSR count). The summed E-state index contributed by atoms with van der Waals surface area (Å²) in [6.07, 6.45) is 3.08. The minimum absolute atomic E-state index is 0.196. The molecule has 28 heavy (non-hydrogen) atoms. The first-order chi connectivity index (χ1) is 13.4. The molecular weight excluding hydrogens is 360 g/mol. The molecule has 1 aromatic carbocycles. The monoisotopic (exact) mass is 382 g/mol. The van der Waals surface area contributed by atoms with Crippen LogP contribution in [0.3, 0.4) is 0 Å². The first-order valence-corrected chi connectivity index (χ1v) is 8.90. The number of nitrogens with zero attached hydrogens (tertiary/aromatic N) is 3. The highest BCUT2D eigenvalue weighted by molar-refractivity contribution is 5.84. The van der Waals surface area contributed by atoms with Crippen LogP contribution in [-0.2, 0) is 16.1 Å². The number of hydrogen-bond acceptors (Lipinski definition) is 7. The lowest BCUT2D eigenvalue weighted by Gasteiger charge is -2.13. The third-order valence-corrected chi connectivity index (χ3v) is 4.39. The molecule has 0 saturated carbocycles. The third-order valence-electron chi connectivity index (χ3n) is 4.39. The van der Waals surface area contributed by atoms with Crippen molar-refractivity contribution in [1.82, 2.24) is 14.5 Å². The number of aromatic nitrogens is 3. The zero-order valence-corrected chi connectivity index (χ0v) is 16.0. The number of ether oxygens (including phenoxy) is 2. The van der Waals surface area contributed by atoms with Gasteiger partial charge in [0.1, 0.15) is 0 Å². The van der Waals surface area contributed by atoms with Crippen molar-refractivity contribution in [3.05, 3.63) is 47.1 Å². The summed E-state index contributed by atoms with van der Waals surface area (Å²) in [5, 5.41) is 0.449. The Morgan fingerprint density at radius 2 is 2.04 bits per heavy atom. The number of rotatable bonds is 6. The molecular formula is C20H22N4O4. The number of esters is 1. The van der Waals surface area contributed by atoms with Crippen molar-refractivity contribution >= 4 is 22.6 Å². The molecule has 1 unspecified atom stereocenters. The van der Waals surface area contributed by atoms with E-state index in [1.54, 1.807) is 38.2 Å². The molecule has 2 heterocycles. The van der Waals surface area contributed by atoms with Crippen molar-refractivity contribution in [2.45, 2.75) is 20.4 Å². The van der Waals surface area contributed by atoms with E-state index in [2.05, 4.69) is 9.97 Å². The van der Waals surface area contributed by atoms with Crippen LogP contribution in [0.15, 0.2) is 41.6 Å². The lowest BCUT2D eigenvalue weighted by atomic mass is 10.0. The molecule has 8 heteroatoms. The summed E-state index contributed by atoms with van der Waals surface area (Å²) in [6.45, 7) is 3.96. The maximum absolute atomic E-state index is 12.9. The van der Waals surface area contributed by atoms with Crippen molar-refractivity contribution in [2.75, 3.05) is 19.5 Å². The maximum Gasteiger partial charge on any atom is 0.310 e. The van der Waals surface area contributed by atoms with Crippen LogP contribution in [0.25, 0.3) is 22.0 Å². The van der Waals surface area contributed by atoms with E-state index in [4.69, 9.17) is 15.2 Å². The highest BCUT2D eigenvalue weighted by atomic mass is 16.5. The number of nitrogen functional groups attached to an aromatic ring is 1. The molecule has 0 aliphatic carbocycles. The molecule has 0 amide bonds. The van der Waals surface area contributed by atoms with E-state index in [1.807, 2.05) is 6.07 Å². The van der Waals surface area contributed by atoms with Gasteiger partial charge in [0.2, 0.25) is 5.88 Å². The number of methoxy groups -OCH3 is 1. The summed E-state index contributed by atoms with van der Waals surface area (Å²) in [5.41, 5.74) is 8.23. The van der Waals surface area contributed by atoms with Crippen molar-refractivity contribution < 1.29 is 14.3 Å². The van der Waals surface area contributed by atoms with Crippen molar-refractivity contribution in [1.29, 1.82) is 0 Å². The number of pyridine rings is 1. The Balaban J connectivity index is 1.99. The Bertz CT molecular complexity index is 1080. The molecule has 8 nitrogen and oxygen atoms in total. The first kappa shape index (κ1) is 19.3. The third kappa shape index (κ3) is 3.80. The summed E-state index contributed by atoms with van der Waals surface area (Å²) >= 11 is 0. The fourth-order valence-corrected chi connectivity index (χ4v) is 2.92. The van der Waals surface area contributed by atoms with Crippen LogP contribution >= 0.6 is 0 Å². The predicted molar refractivity (Wildman–Crippen MR) is 106 cm³/mol. The second kappa shape index (κ2) is 8.08. The molecule has 146 valence electrons. The van der Waals surface area contributed by atoms with Gasteiger partial charge < -0.3 is 15.2 Å². The van der Waals surface area contributed by atoms with Gasteiger partial charge in [-0.1, -0.05) is 13.0 Å². The Kier molecular flexibility index (Phi) is 5.58. The van der Waals surface area contributed by atoms with Crippen LogP contribution in [0.2, 0.25) is 0 Å². The maximum atomic E-state index is 12.9. The fraction of sp³-hybridized carbons (Fsp3) is 0.300. The van der Waals surface area contributed by atoms with Gasteiger partial charge in [0.25, 0.3) is 5.56 Å². The Morgan fingerprint density at radius 1 is 1.25 bits per heavy atom. The predicted octanol–water partition coefficient (Wildman–Crippen LogP) is 2.25. The van der Waals surface area contributed by atoms with Crippen molar-refractivity contribution in [3.8, 4) is 17.0 Å². The van der Waals surface area contributed by atoms with Crippen LogP contribution in [0, 0.1) is 5.92 Å². The zero-order chi connectivity index (χ0) is 20.3. The van der Waals surface area contributed by atoms with Gasteiger partial charge in [0.05, 0.1) is 42.6 Å². The van der Waals surface area contributed by atoms with Gasteiger partial charge in [-0.2, -0.15) is 0 Å². The Hall–Kier alpha value is -3.42. The van der Waals surface area contributed by atoms with E-state index in [1.165, 1.54) is 18.0 Å². The van der Waals surface area contributed by atoms with Crippen LogP contribution in [0.5, 0.6) is 5.88 Å². The second-order valence-corrected chi connectivity index (χ2v) is 6.41. The summed E-state index contributed by atoms with van der Waals surface area (Å²) in [7, 11) is 1.50.